The fourth-order valence-electron chi connectivity index (χ4n) is 4.19. The van der Waals surface area contributed by atoms with Gasteiger partial charge in [0.15, 0.2) is 0 Å². The second-order valence-corrected chi connectivity index (χ2v) is 7.42. The van der Waals surface area contributed by atoms with Gasteiger partial charge in [-0.15, -0.1) is 12.4 Å². The highest BCUT2D eigenvalue weighted by Crippen LogP contribution is 2.32. The van der Waals surface area contributed by atoms with Crippen molar-refractivity contribution in [3.63, 3.8) is 0 Å². The SMILES string of the molecule is CC1CCCCC1OCC(=O)N1C[C@@H](CN)[C@H](c2ccccc2)C1.Cl. The van der Waals surface area contributed by atoms with Gasteiger partial charge in [0.05, 0.1) is 6.10 Å². The molecule has 2 aliphatic rings. The monoisotopic (exact) mass is 366 g/mol. The molecule has 2 unspecified atom stereocenters. The second-order valence-electron chi connectivity index (χ2n) is 7.42. The quantitative estimate of drug-likeness (QED) is 0.870. The Balaban J connectivity index is 0.00000225. The van der Waals surface area contributed by atoms with E-state index in [0.29, 0.717) is 24.3 Å². The number of nitrogens with zero attached hydrogens (tertiary/aromatic N) is 1. The minimum absolute atomic E-state index is 0. The number of ether oxygens (including phenoxy) is 1. The van der Waals surface area contributed by atoms with Crippen molar-refractivity contribution < 1.29 is 9.53 Å². The average Bonchev–Trinajstić information content (AvgIpc) is 3.06. The highest BCUT2D eigenvalue weighted by molar-refractivity contribution is 5.85. The maximum atomic E-state index is 12.6. The molecule has 1 aromatic rings. The van der Waals surface area contributed by atoms with Crippen molar-refractivity contribution in [1.82, 2.24) is 4.90 Å². The fourth-order valence-corrected chi connectivity index (χ4v) is 4.19. The number of rotatable bonds is 5. The summed E-state index contributed by atoms with van der Waals surface area (Å²) in [7, 11) is 0. The Kier molecular flexibility index (Phi) is 7.73. The van der Waals surface area contributed by atoms with Crippen LogP contribution in [0.2, 0.25) is 0 Å². The van der Waals surface area contributed by atoms with Crippen LogP contribution < -0.4 is 5.73 Å². The van der Waals surface area contributed by atoms with E-state index in [9.17, 15) is 4.79 Å². The van der Waals surface area contributed by atoms with Gasteiger partial charge >= 0.3 is 0 Å². The molecular formula is C20H31ClN2O2. The molecule has 2 N–H and O–H groups in total. The molecule has 4 atom stereocenters. The molecule has 0 bridgehead atoms. The number of carbonyl (C=O) groups is 1. The first-order chi connectivity index (χ1) is 11.7. The molecule has 2 fully saturated rings. The third-order valence-corrected chi connectivity index (χ3v) is 5.78. The number of hydrogen-bond donors (Lipinski definition) is 1. The number of halogens is 1. The predicted molar refractivity (Wildman–Crippen MR) is 103 cm³/mol. The van der Waals surface area contributed by atoms with Crippen LogP contribution in [0, 0.1) is 11.8 Å². The molecule has 1 saturated carbocycles. The van der Waals surface area contributed by atoms with Gasteiger partial charge in [-0.3, -0.25) is 4.79 Å². The summed E-state index contributed by atoms with van der Waals surface area (Å²) in [4.78, 5) is 14.5. The molecule has 140 valence electrons. The zero-order valence-electron chi connectivity index (χ0n) is 15.1. The lowest BCUT2D eigenvalue weighted by Crippen LogP contribution is -2.36. The first-order valence-corrected chi connectivity index (χ1v) is 9.33. The number of likely N-dealkylation sites (tertiary alicyclic amines) is 1. The van der Waals surface area contributed by atoms with Gasteiger partial charge in [-0.1, -0.05) is 50.1 Å². The van der Waals surface area contributed by atoms with Crippen LogP contribution in [-0.2, 0) is 9.53 Å². The minimum Gasteiger partial charge on any atom is -0.368 e. The molecule has 1 aliphatic carbocycles. The Bertz CT molecular complexity index is 540. The molecule has 1 aliphatic heterocycles. The van der Waals surface area contributed by atoms with Crippen molar-refractivity contribution >= 4 is 18.3 Å². The zero-order chi connectivity index (χ0) is 16.9. The van der Waals surface area contributed by atoms with Crippen LogP contribution in [0.4, 0.5) is 0 Å². The summed E-state index contributed by atoms with van der Waals surface area (Å²) < 4.78 is 5.96. The first kappa shape index (κ1) is 20.2. The lowest BCUT2D eigenvalue weighted by Gasteiger charge is -2.29. The molecule has 3 rings (SSSR count). The van der Waals surface area contributed by atoms with Crippen molar-refractivity contribution in [2.45, 2.75) is 44.6 Å². The van der Waals surface area contributed by atoms with Crippen LogP contribution in [0.15, 0.2) is 30.3 Å². The van der Waals surface area contributed by atoms with Crippen molar-refractivity contribution in [2.75, 3.05) is 26.2 Å². The van der Waals surface area contributed by atoms with Gasteiger partial charge in [-0.25, -0.2) is 0 Å². The van der Waals surface area contributed by atoms with E-state index in [2.05, 4.69) is 31.2 Å². The third kappa shape index (κ3) is 4.96. The summed E-state index contributed by atoms with van der Waals surface area (Å²) >= 11 is 0. The minimum atomic E-state index is 0. The molecule has 0 aromatic heterocycles. The lowest BCUT2D eigenvalue weighted by molar-refractivity contribution is -0.139. The summed E-state index contributed by atoms with van der Waals surface area (Å²) in [6, 6.07) is 10.4. The number of nitrogens with two attached hydrogens (primary N) is 1. The van der Waals surface area contributed by atoms with Gasteiger partial charge in [0.1, 0.15) is 6.61 Å². The van der Waals surface area contributed by atoms with Gasteiger partial charge in [-0.2, -0.15) is 0 Å². The van der Waals surface area contributed by atoms with Crippen LogP contribution in [0.1, 0.15) is 44.1 Å². The molecular weight excluding hydrogens is 336 g/mol. The van der Waals surface area contributed by atoms with E-state index < -0.39 is 0 Å². The van der Waals surface area contributed by atoms with Crippen LogP contribution in [0.3, 0.4) is 0 Å². The average molecular weight is 367 g/mol. The van der Waals surface area contributed by atoms with E-state index in [-0.39, 0.29) is 31.0 Å². The summed E-state index contributed by atoms with van der Waals surface area (Å²) in [5.41, 5.74) is 7.25. The van der Waals surface area contributed by atoms with E-state index in [4.69, 9.17) is 10.5 Å². The van der Waals surface area contributed by atoms with Gasteiger partial charge in [0.2, 0.25) is 5.91 Å². The molecule has 1 saturated heterocycles. The second kappa shape index (κ2) is 9.56. The van der Waals surface area contributed by atoms with Crippen molar-refractivity contribution in [3.05, 3.63) is 35.9 Å². The third-order valence-electron chi connectivity index (χ3n) is 5.78. The number of hydrogen-bond acceptors (Lipinski definition) is 3. The smallest absolute Gasteiger partial charge is 0.248 e. The number of carbonyl (C=O) groups excluding carboxylic acids is 1. The Labute approximate surface area is 157 Å². The molecule has 0 radical (unpaired) electrons. The van der Waals surface area contributed by atoms with Gasteiger partial charge in [-0.05, 0) is 36.8 Å². The fraction of sp³-hybridized carbons (Fsp3) is 0.650. The van der Waals surface area contributed by atoms with Crippen LogP contribution >= 0.6 is 12.4 Å². The van der Waals surface area contributed by atoms with Crippen molar-refractivity contribution in [1.29, 1.82) is 0 Å². The van der Waals surface area contributed by atoms with Gasteiger partial charge in [0, 0.05) is 19.0 Å². The van der Waals surface area contributed by atoms with Crippen LogP contribution in [0.25, 0.3) is 0 Å². The largest absolute Gasteiger partial charge is 0.368 e. The molecule has 1 amide bonds. The van der Waals surface area contributed by atoms with Crippen LogP contribution in [0.5, 0.6) is 0 Å². The number of amides is 1. The first-order valence-electron chi connectivity index (χ1n) is 9.33. The van der Waals surface area contributed by atoms with Crippen LogP contribution in [-0.4, -0.2) is 43.2 Å². The molecule has 25 heavy (non-hydrogen) atoms. The van der Waals surface area contributed by atoms with E-state index in [0.717, 1.165) is 19.5 Å². The van der Waals surface area contributed by atoms with E-state index in [1.165, 1.54) is 24.8 Å². The number of benzene rings is 1. The maximum absolute atomic E-state index is 12.6. The van der Waals surface area contributed by atoms with E-state index in [1.54, 1.807) is 0 Å². The van der Waals surface area contributed by atoms with E-state index in [1.807, 2.05) is 11.0 Å². The van der Waals surface area contributed by atoms with Crippen molar-refractivity contribution in [2.24, 2.45) is 17.6 Å². The maximum Gasteiger partial charge on any atom is 0.248 e. The summed E-state index contributed by atoms with van der Waals surface area (Å²) in [6.45, 7) is 4.57. The Morgan fingerprint density at radius 2 is 1.92 bits per heavy atom. The van der Waals surface area contributed by atoms with E-state index >= 15 is 0 Å². The molecule has 4 nitrogen and oxygen atoms in total. The Morgan fingerprint density at radius 3 is 2.60 bits per heavy atom. The van der Waals surface area contributed by atoms with Gasteiger partial charge in [0.25, 0.3) is 0 Å². The van der Waals surface area contributed by atoms with Gasteiger partial charge < -0.3 is 15.4 Å². The summed E-state index contributed by atoms with van der Waals surface area (Å²) in [5, 5.41) is 0. The predicted octanol–water partition coefficient (Wildman–Crippen LogP) is 3.20. The summed E-state index contributed by atoms with van der Waals surface area (Å²) in [5.74, 6) is 1.36. The highest BCUT2D eigenvalue weighted by atomic mass is 35.5. The molecule has 1 heterocycles. The zero-order valence-corrected chi connectivity index (χ0v) is 15.9. The molecule has 5 heteroatoms. The normalized spacial score (nSPS) is 29.3. The Morgan fingerprint density at radius 1 is 1.20 bits per heavy atom. The Hall–Kier alpha value is -1.10. The lowest BCUT2D eigenvalue weighted by atomic mass is 9.88. The standard InChI is InChI=1S/C20H30N2O2.ClH/c1-15-7-5-6-10-19(15)24-14-20(23)22-12-17(11-21)18(13-22)16-8-3-2-4-9-16;/h2-4,8-9,15,17-19H,5-7,10-14,21H2,1H3;1H/t15?,17-,18+,19?;/m1./s1. The topological polar surface area (TPSA) is 55.6 Å². The van der Waals surface area contributed by atoms with Crippen molar-refractivity contribution in [3.8, 4) is 0 Å². The molecule has 0 spiro atoms. The molecule has 1 aromatic carbocycles. The summed E-state index contributed by atoms with van der Waals surface area (Å²) in [6.07, 6.45) is 5.07. The highest BCUT2D eigenvalue weighted by Gasteiger charge is 2.35.